The Balaban J connectivity index is 2.19. The van der Waals surface area contributed by atoms with Crippen LogP contribution in [0.25, 0.3) is 0 Å². The number of carbonyl (C=O) groups is 2. The van der Waals surface area contributed by atoms with Crippen molar-refractivity contribution in [3.8, 4) is 0 Å². The molecule has 128 valence electrons. The van der Waals surface area contributed by atoms with Gasteiger partial charge in [-0.1, -0.05) is 23.7 Å². The van der Waals surface area contributed by atoms with Crippen LogP contribution in [-0.4, -0.2) is 29.5 Å². The van der Waals surface area contributed by atoms with Gasteiger partial charge in [0.25, 0.3) is 0 Å². The van der Waals surface area contributed by atoms with Crippen LogP contribution in [0.15, 0.2) is 38.6 Å². The molecule has 0 fully saturated rings. The summed E-state index contributed by atoms with van der Waals surface area (Å²) in [6.07, 6.45) is 0.488. The lowest BCUT2D eigenvalue weighted by atomic mass is 10.1. The van der Waals surface area contributed by atoms with E-state index in [2.05, 4.69) is 15.1 Å². The van der Waals surface area contributed by atoms with Crippen LogP contribution in [0.4, 0.5) is 5.69 Å². The Bertz CT molecular complexity index is 798. The Labute approximate surface area is 142 Å². The third-order valence-corrected chi connectivity index (χ3v) is 4.76. The van der Waals surface area contributed by atoms with Crippen molar-refractivity contribution in [1.29, 1.82) is 0 Å². The molecule has 0 aliphatic heterocycles. The fraction of sp³-hybridized carbons (Fsp3) is 0.333. The minimum atomic E-state index is -0.538. The van der Waals surface area contributed by atoms with Crippen LogP contribution in [0.3, 0.4) is 0 Å². The van der Waals surface area contributed by atoms with Gasteiger partial charge in [-0.25, -0.2) is 9.59 Å². The van der Waals surface area contributed by atoms with Gasteiger partial charge in [-0.3, -0.25) is 9.32 Å². The molecule has 2 aromatic rings. The normalized spacial score (nSPS) is 11.8. The molecule has 1 aromatic heterocycles. The van der Waals surface area contributed by atoms with Crippen LogP contribution in [0.2, 0.25) is 0 Å². The summed E-state index contributed by atoms with van der Waals surface area (Å²) in [6.45, 7) is 1.83. The van der Waals surface area contributed by atoms with Crippen LogP contribution in [0, 0.1) is 0 Å². The summed E-state index contributed by atoms with van der Waals surface area (Å²) in [5.41, 5.74) is 0.0857. The molecular formula is C15H18N3O5S+. The number of aromatic nitrogens is 2. The lowest BCUT2D eigenvalue weighted by molar-refractivity contribution is -0.772. The minimum absolute atomic E-state index is 0.264. The van der Waals surface area contributed by atoms with Gasteiger partial charge in [-0.15, -0.1) is 0 Å². The number of nitrogens with one attached hydrogen (secondary N) is 2. The largest absolute Gasteiger partial charge is 0.465 e. The molecule has 0 aliphatic rings. The van der Waals surface area contributed by atoms with Gasteiger partial charge in [-0.05, 0) is 35.6 Å². The number of ether oxygens (including phenoxy) is 1. The standard InChI is InChI=1S/C15H17N3O5S/c1-4-11(24-13-15(21)23-17-18(13)2)12(19)16-10-8-6-5-7-9(10)14(20)22-3/h5-8,11H,4H2,1-3H3,(H-,16,17,19,20,21)/p+1. The smallest absolute Gasteiger partial charge is 0.441 e. The molecular weight excluding hydrogens is 334 g/mol. The molecule has 0 saturated heterocycles. The Morgan fingerprint density at radius 2 is 2.12 bits per heavy atom. The zero-order valence-corrected chi connectivity index (χ0v) is 14.3. The first kappa shape index (κ1) is 17.8. The third-order valence-electron chi connectivity index (χ3n) is 3.26. The predicted octanol–water partition coefficient (Wildman–Crippen LogP) is 1.09. The molecule has 0 radical (unpaired) electrons. The number of aryl methyl sites for hydroxylation is 1. The van der Waals surface area contributed by atoms with Crippen molar-refractivity contribution < 1.29 is 23.5 Å². The van der Waals surface area contributed by atoms with E-state index in [4.69, 9.17) is 4.74 Å². The number of para-hydroxylation sites is 1. The molecule has 1 aromatic carbocycles. The van der Waals surface area contributed by atoms with E-state index in [9.17, 15) is 14.4 Å². The Kier molecular flexibility index (Phi) is 5.80. The molecule has 2 N–H and O–H groups in total. The number of H-pyrrole nitrogens is 1. The van der Waals surface area contributed by atoms with E-state index < -0.39 is 16.8 Å². The molecule has 9 heteroatoms. The second-order valence-corrected chi connectivity index (χ2v) is 6.08. The van der Waals surface area contributed by atoms with E-state index in [1.165, 1.54) is 11.8 Å². The first-order valence-electron chi connectivity index (χ1n) is 7.20. The SMILES string of the molecule is CCC(Sc1c(=O)o[nH][n+]1C)C(=O)Nc1ccccc1C(=O)OC. The van der Waals surface area contributed by atoms with Crippen molar-refractivity contribution in [2.75, 3.05) is 12.4 Å². The van der Waals surface area contributed by atoms with Gasteiger partial charge >= 0.3 is 16.6 Å². The summed E-state index contributed by atoms with van der Waals surface area (Å²) in [4.78, 5) is 35.9. The number of methoxy groups -OCH3 is 1. The molecule has 0 spiro atoms. The topological polar surface area (TPSA) is 105 Å². The van der Waals surface area contributed by atoms with Gasteiger partial charge in [-0.2, -0.15) is 0 Å². The lowest BCUT2D eigenvalue weighted by Gasteiger charge is -2.14. The summed E-state index contributed by atoms with van der Waals surface area (Å²) in [7, 11) is 2.89. The van der Waals surface area contributed by atoms with Crippen LogP contribution < -0.4 is 15.6 Å². The number of hydrogen-bond acceptors (Lipinski definition) is 6. The monoisotopic (exact) mass is 352 g/mol. The predicted molar refractivity (Wildman–Crippen MR) is 86.9 cm³/mol. The molecule has 1 amide bonds. The zero-order chi connectivity index (χ0) is 17.7. The number of carbonyl (C=O) groups excluding carboxylic acids is 2. The zero-order valence-electron chi connectivity index (χ0n) is 13.5. The molecule has 8 nitrogen and oxygen atoms in total. The lowest BCUT2D eigenvalue weighted by Crippen LogP contribution is -2.36. The number of benzene rings is 1. The van der Waals surface area contributed by atoms with E-state index in [-0.39, 0.29) is 11.5 Å². The van der Waals surface area contributed by atoms with E-state index in [1.807, 2.05) is 6.92 Å². The van der Waals surface area contributed by atoms with Crippen molar-refractivity contribution in [1.82, 2.24) is 5.27 Å². The second-order valence-electron chi connectivity index (χ2n) is 4.89. The summed E-state index contributed by atoms with van der Waals surface area (Å²) in [6, 6.07) is 6.57. The van der Waals surface area contributed by atoms with Crippen molar-refractivity contribution >= 4 is 29.3 Å². The van der Waals surface area contributed by atoms with E-state index in [1.54, 1.807) is 31.3 Å². The van der Waals surface area contributed by atoms with Crippen LogP contribution in [0.1, 0.15) is 23.7 Å². The number of hydrogen-bond donors (Lipinski definition) is 2. The average Bonchev–Trinajstić information content (AvgIpc) is 2.90. The van der Waals surface area contributed by atoms with E-state index in [0.717, 1.165) is 11.8 Å². The first-order valence-corrected chi connectivity index (χ1v) is 8.08. The number of rotatable bonds is 6. The Morgan fingerprint density at radius 3 is 2.71 bits per heavy atom. The summed E-state index contributed by atoms with van der Waals surface area (Å²) in [5.74, 6) is -0.858. The number of amides is 1. The molecule has 1 unspecified atom stereocenters. The minimum Gasteiger partial charge on any atom is -0.465 e. The third kappa shape index (κ3) is 3.85. The Hall–Kier alpha value is -2.55. The van der Waals surface area contributed by atoms with Crippen molar-refractivity contribution in [3.63, 3.8) is 0 Å². The quantitative estimate of drug-likeness (QED) is 0.458. The van der Waals surface area contributed by atoms with Gasteiger partial charge in [0.05, 0.1) is 23.6 Å². The molecule has 2 rings (SSSR count). The van der Waals surface area contributed by atoms with Crippen molar-refractivity contribution in [2.45, 2.75) is 23.6 Å². The van der Waals surface area contributed by atoms with Gasteiger partial charge in [0, 0.05) is 0 Å². The Morgan fingerprint density at radius 1 is 1.42 bits per heavy atom. The van der Waals surface area contributed by atoms with E-state index >= 15 is 0 Å². The summed E-state index contributed by atoms with van der Waals surface area (Å²) in [5, 5.41) is 4.88. The van der Waals surface area contributed by atoms with Crippen LogP contribution in [-0.2, 0) is 16.6 Å². The van der Waals surface area contributed by atoms with Crippen molar-refractivity contribution in [3.05, 3.63) is 40.2 Å². The second kappa shape index (κ2) is 7.82. The highest BCUT2D eigenvalue weighted by molar-refractivity contribution is 8.00. The number of thioether (sulfide) groups is 1. The van der Waals surface area contributed by atoms with Gasteiger partial charge in [0.15, 0.2) is 7.05 Å². The molecule has 1 atom stereocenters. The summed E-state index contributed by atoms with van der Waals surface area (Å²) >= 11 is 1.09. The molecule has 24 heavy (non-hydrogen) atoms. The molecule has 1 heterocycles. The van der Waals surface area contributed by atoms with Crippen LogP contribution >= 0.6 is 11.8 Å². The van der Waals surface area contributed by atoms with E-state index in [0.29, 0.717) is 17.1 Å². The number of nitrogens with zero attached hydrogens (tertiary/aromatic N) is 1. The maximum atomic E-state index is 12.5. The van der Waals surface area contributed by atoms with Gasteiger partial charge < -0.3 is 10.1 Å². The molecule has 0 bridgehead atoms. The maximum absolute atomic E-state index is 12.5. The first-order chi connectivity index (χ1) is 11.5. The highest BCUT2D eigenvalue weighted by atomic mass is 32.2. The number of aromatic amines is 1. The molecule has 0 aliphatic carbocycles. The fourth-order valence-corrected chi connectivity index (χ4v) is 2.94. The summed E-state index contributed by atoms with van der Waals surface area (Å²) < 4.78 is 10.8. The van der Waals surface area contributed by atoms with Gasteiger partial charge in [0.2, 0.25) is 5.91 Å². The maximum Gasteiger partial charge on any atom is 0.441 e. The van der Waals surface area contributed by atoms with Crippen LogP contribution in [0.5, 0.6) is 0 Å². The molecule has 0 saturated carbocycles. The number of anilines is 1. The van der Waals surface area contributed by atoms with Gasteiger partial charge in [0.1, 0.15) is 0 Å². The fourth-order valence-electron chi connectivity index (χ4n) is 2.01. The average molecular weight is 352 g/mol. The highest BCUT2D eigenvalue weighted by Crippen LogP contribution is 2.23. The van der Waals surface area contributed by atoms with Crippen molar-refractivity contribution in [2.24, 2.45) is 7.05 Å². The highest BCUT2D eigenvalue weighted by Gasteiger charge is 2.28. The number of esters is 1.